The maximum Gasteiger partial charge on any atom is 0.185 e. The van der Waals surface area contributed by atoms with Crippen molar-refractivity contribution in [3.05, 3.63) is 16.9 Å². The number of carbonyl (C=O) groups is 1. The Kier molecular flexibility index (Phi) is 4.40. The molecule has 4 nitrogen and oxygen atoms in total. The van der Waals surface area contributed by atoms with Gasteiger partial charge in [-0.05, 0) is 32.1 Å². The highest BCUT2D eigenvalue weighted by atomic mass is 35.5. The van der Waals surface area contributed by atoms with Crippen molar-refractivity contribution in [3.8, 4) is 0 Å². The van der Waals surface area contributed by atoms with Crippen LogP contribution in [0.4, 0.5) is 0 Å². The second-order valence-corrected chi connectivity index (χ2v) is 5.45. The standard InChI is InChI=1S/C13H20ClN3O/c1-2-7-17-12(11(14)8-16-17)13(18)9-3-5-10(15)6-4-9/h8-10H,2-7,15H2,1H3. The first-order valence-electron chi connectivity index (χ1n) is 6.64. The molecule has 1 aromatic heterocycles. The molecular weight excluding hydrogens is 250 g/mol. The topological polar surface area (TPSA) is 60.9 Å². The fourth-order valence-electron chi connectivity index (χ4n) is 2.56. The van der Waals surface area contributed by atoms with E-state index in [2.05, 4.69) is 12.0 Å². The molecule has 1 heterocycles. The summed E-state index contributed by atoms with van der Waals surface area (Å²) in [6.07, 6.45) is 6.10. The SMILES string of the molecule is CCCn1ncc(Cl)c1C(=O)C1CCC(N)CC1. The van der Waals surface area contributed by atoms with E-state index in [9.17, 15) is 4.79 Å². The average Bonchev–Trinajstić information content (AvgIpc) is 2.71. The minimum Gasteiger partial charge on any atom is -0.328 e. The van der Waals surface area contributed by atoms with Crippen LogP contribution in [0.1, 0.15) is 49.5 Å². The Bertz CT molecular complexity index is 422. The van der Waals surface area contributed by atoms with Gasteiger partial charge >= 0.3 is 0 Å². The predicted molar refractivity (Wildman–Crippen MR) is 71.8 cm³/mol. The molecule has 5 heteroatoms. The third-order valence-electron chi connectivity index (χ3n) is 3.61. The molecule has 2 N–H and O–H groups in total. The lowest BCUT2D eigenvalue weighted by molar-refractivity contribution is 0.0873. The van der Waals surface area contributed by atoms with Gasteiger partial charge in [0.05, 0.1) is 11.2 Å². The van der Waals surface area contributed by atoms with Crippen LogP contribution >= 0.6 is 11.6 Å². The summed E-state index contributed by atoms with van der Waals surface area (Å²) >= 11 is 6.09. The van der Waals surface area contributed by atoms with Crippen molar-refractivity contribution in [2.45, 2.75) is 51.6 Å². The number of halogens is 1. The van der Waals surface area contributed by atoms with Crippen LogP contribution in [0.5, 0.6) is 0 Å². The van der Waals surface area contributed by atoms with Gasteiger partial charge < -0.3 is 5.73 Å². The summed E-state index contributed by atoms with van der Waals surface area (Å²) in [7, 11) is 0. The lowest BCUT2D eigenvalue weighted by atomic mass is 9.83. The molecule has 100 valence electrons. The summed E-state index contributed by atoms with van der Waals surface area (Å²) < 4.78 is 1.74. The molecule has 0 aliphatic heterocycles. The van der Waals surface area contributed by atoms with Crippen LogP contribution in [0.3, 0.4) is 0 Å². The zero-order valence-electron chi connectivity index (χ0n) is 10.7. The summed E-state index contributed by atoms with van der Waals surface area (Å²) in [5, 5.41) is 4.65. The molecule has 0 atom stereocenters. The van der Waals surface area contributed by atoms with Gasteiger partial charge in [0.2, 0.25) is 0 Å². The van der Waals surface area contributed by atoms with E-state index in [1.807, 2.05) is 0 Å². The molecule has 0 aromatic carbocycles. The zero-order valence-corrected chi connectivity index (χ0v) is 11.5. The number of aromatic nitrogens is 2. The summed E-state index contributed by atoms with van der Waals surface area (Å²) in [4.78, 5) is 12.5. The summed E-state index contributed by atoms with van der Waals surface area (Å²) in [6.45, 7) is 2.80. The van der Waals surface area contributed by atoms with E-state index in [1.54, 1.807) is 10.9 Å². The number of nitrogens with two attached hydrogens (primary N) is 1. The molecule has 1 saturated carbocycles. The fourth-order valence-corrected chi connectivity index (χ4v) is 2.80. The van der Waals surface area contributed by atoms with Crippen LogP contribution in [0.15, 0.2) is 6.20 Å². The van der Waals surface area contributed by atoms with Gasteiger partial charge in [-0.25, -0.2) is 0 Å². The number of carbonyl (C=O) groups excluding carboxylic acids is 1. The van der Waals surface area contributed by atoms with Gasteiger partial charge in [-0.2, -0.15) is 5.10 Å². The average molecular weight is 270 g/mol. The van der Waals surface area contributed by atoms with Crippen LogP contribution in [0.2, 0.25) is 5.02 Å². The monoisotopic (exact) mass is 269 g/mol. The van der Waals surface area contributed by atoms with Gasteiger partial charge in [0, 0.05) is 18.5 Å². The molecule has 0 spiro atoms. The summed E-state index contributed by atoms with van der Waals surface area (Å²) in [5.74, 6) is 0.201. The molecule has 0 bridgehead atoms. The molecular formula is C13H20ClN3O. The van der Waals surface area contributed by atoms with E-state index < -0.39 is 0 Å². The molecule has 1 aromatic rings. The van der Waals surface area contributed by atoms with Crippen LogP contribution in [-0.2, 0) is 6.54 Å². The van der Waals surface area contributed by atoms with E-state index in [1.165, 1.54) is 0 Å². The highest BCUT2D eigenvalue weighted by Gasteiger charge is 2.29. The van der Waals surface area contributed by atoms with Crippen molar-refractivity contribution in [1.29, 1.82) is 0 Å². The quantitative estimate of drug-likeness (QED) is 0.855. The van der Waals surface area contributed by atoms with E-state index in [-0.39, 0.29) is 17.7 Å². The molecule has 18 heavy (non-hydrogen) atoms. The third-order valence-corrected chi connectivity index (χ3v) is 3.88. The van der Waals surface area contributed by atoms with Crippen molar-refractivity contribution in [1.82, 2.24) is 9.78 Å². The molecule has 0 amide bonds. The first-order valence-corrected chi connectivity index (χ1v) is 7.02. The number of hydrogen-bond donors (Lipinski definition) is 1. The van der Waals surface area contributed by atoms with E-state index in [0.29, 0.717) is 10.7 Å². The summed E-state index contributed by atoms with van der Waals surface area (Å²) in [5.41, 5.74) is 6.45. The molecule has 1 fully saturated rings. The second kappa shape index (κ2) is 5.85. The van der Waals surface area contributed by atoms with Gasteiger partial charge in [-0.3, -0.25) is 9.48 Å². The van der Waals surface area contributed by atoms with Gasteiger partial charge in [-0.15, -0.1) is 0 Å². The zero-order chi connectivity index (χ0) is 13.1. The van der Waals surface area contributed by atoms with Gasteiger partial charge in [-0.1, -0.05) is 18.5 Å². The number of ketones is 1. The largest absolute Gasteiger partial charge is 0.328 e. The molecule has 1 aliphatic carbocycles. The molecule has 1 aliphatic rings. The second-order valence-electron chi connectivity index (χ2n) is 5.04. The highest BCUT2D eigenvalue weighted by molar-refractivity contribution is 6.33. The Morgan fingerprint density at radius 2 is 2.17 bits per heavy atom. The molecule has 0 radical (unpaired) electrons. The smallest absolute Gasteiger partial charge is 0.185 e. The van der Waals surface area contributed by atoms with E-state index in [4.69, 9.17) is 17.3 Å². The lowest BCUT2D eigenvalue weighted by Crippen LogP contribution is -2.30. The number of aryl methyl sites for hydroxylation is 1. The maximum atomic E-state index is 12.5. The van der Waals surface area contributed by atoms with Crippen LogP contribution in [0.25, 0.3) is 0 Å². The van der Waals surface area contributed by atoms with Gasteiger partial charge in [0.1, 0.15) is 5.69 Å². The maximum absolute atomic E-state index is 12.5. The van der Waals surface area contributed by atoms with Crippen molar-refractivity contribution in [2.24, 2.45) is 11.7 Å². The highest BCUT2D eigenvalue weighted by Crippen LogP contribution is 2.29. The van der Waals surface area contributed by atoms with Crippen molar-refractivity contribution < 1.29 is 4.79 Å². The van der Waals surface area contributed by atoms with Crippen molar-refractivity contribution in [3.63, 3.8) is 0 Å². The van der Waals surface area contributed by atoms with E-state index in [0.717, 1.165) is 38.6 Å². The Labute approximate surface area is 112 Å². The Balaban J connectivity index is 2.15. The van der Waals surface area contributed by atoms with Crippen molar-refractivity contribution in [2.75, 3.05) is 0 Å². The third kappa shape index (κ3) is 2.75. The predicted octanol–water partition coefficient (Wildman–Crippen LogP) is 2.65. The first kappa shape index (κ1) is 13.6. The van der Waals surface area contributed by atoms with Gasteiger partial charge in [0.15, 0.2) is 5.78 Å². The fraction of sp³-hybridized carbons (Fsp3) is 0.692. The Morgan fingerprint density at radius 3 is 2.78 bits per heavy atom. The number of hydrogen-bond acceptors (Lipinski definition) is 3. The first-order chi connectivity index (χ1) is 8.63. The molecule has 0 saturated heterocycles. The Hall–Kier alpha value is -0.870. The Morgan fingerprint density at radius 1 is 1.50 bits per heavy atom. The molecule has 0 unspecified atom stereocenters. The molecule has 2 rings (SSSR count). The van der Waals surface area contributed by atoms with E-state index >= 15 is 0 Å². The number of rotatable bonds is 4. The normalized spacial score (nSPS) is 24.2. The van der Waals surface area contributed by atoms with Crippen LogP contribution < -0.4 is 5.73 Å². The van der Waals surface area contributed by atoms with Crippen LogP contribution in [0, 0.1) is 5.92 Å². The minimum atomic E-state index is 0.0645. The van der Waals surface area contributed by atoms with Crippen molar-refractivity contribution >= 4 is 17.4 Å². The lowest BCUT2D eigenvalue weighted by Gasteiger charge is -2.25. The van der Waals surface area contributed by atoms with Gasteiger partial charge in [0.25, 0.3) is 0 Å². The summed E-state index contributed by atoms with van der Waals surface area (Å²) in [6, 6.07) is 0.255. The number of Topliss-reactive ketones (excluding diaryl/α,β-unsaturated/α-hetero) is 1. The minimum absolute atomic E-state index is 0.0645. The van der Waals surface area contributed by atoms with Crippen LogP contribution in [-0.4, -0.2) is 21.6 Å². The number of nitrogens with zero attached hydrogens (tertiary/aromatic N) is 2.